The number of carbonyl (C=O) groups is 1. The zero-order chi connectivity index (χ0) is 12.8. The molecule has 8 heteroatoms. The Hall–Kier alpha value is -2.12. The summed E-state index contributed by atoms with van der Waals surface area (Å²) in [7, 11) is 1.65. The fraction of sp³-hybridized carbons (Fsp3) is 0.556. The summed E-state index contributed by atoms with van der Waals surface area (Å²) in [5.74, 6) is -0.715. The van der Waals surface area contributed by atoms with Crippen molar-refractivity contribution >= 4 is 17.6 Å². The van der Waals surface area contributed by atoms with Gasteiger partial charge in [0.1, 0.15) is 0 Å². The van der Waals surface area contributed by atoms with Gasteiger partial charge in [0.15, 0.2) is 0 Å². The highest BCUT2D eigenvalue weighted by molar-refractivity contribution is 5.66. The summed E-state index contributed by atoms with van der Waals surface area (Å²) in [6, 6.07) is 0. The fourth-order valence-corrected chi connectivity index (χ4v) is 1.36. The Balaban J connectivity index is 2.43. The molecule has 0 aliphatic rings. The molecule has 17 heavy (non-hydrogen) atoms. The molecule has 2 N–H and O–H groups in total. The Bertz CT molecular complexity index is 415. The van der Waals surface area contributed by atoms with Gasteiger partial charge >= 0.3 is 11.8 Å². The Labute approximate surface area is 97.4 Å². The van der Waals surface area contributed by atoms with Gasteiger partial charge in [-0.25, -0.2) is 0 Å². The van der Waals surface area contributed by atoms with Gasteiger partial charge in [0, 0.05) is 20.0 Å². The van der Waals surface area contributed by atoms with Crippen LogP contribution in [0.2, 0.25) is 0 Å². The van der Waals surface area contributed by atoms with E-state index in [9.17, 15) is 14.9 Å². The number of anilines is 1. The van der Waals surface area contributed by atoms with E-state index in [0.717, 1.165) is 0 Å². The van der Waals surface area contributed by atoms with Gasteiger partial charge in [-0.05, 0) is 22.7 Å². The van der Waals surface area contributed by atoms with E-state index in [0.29, 0.717) is 25.2 Å². The second kappa shape index (κ2) is 5.83. The van der Waals surface area contributed by atoms with Gasteiger partial charge in [0.2, 0.25) is 12.1 Å². The van der Waals surface area contributed by atoms with Crippen molar-refractivity contribution in [3.05, 3.63) is 16.4 Å². The third-order valence-corrected chi connectivity index (χ3v) is 2.20. The van der Waals surface area contributed by atoms with Gasteiger partial charge in [0.25, 0.3) is 0 Å². The molecule has 0 saturated carbocycles. The number of nitrogens with zero attached hydrogens (tertiary/aromatic N) is 3. The normalized spacial score (nSPS) is 10.2. The number of hydrogen-bond donors (Lipinski definition) is 2. The Kier molecular flexibility index (Phi) is 4.44. The van der Waals surface area contributed by atoms with Crippen LogP contribution in [0.15, 0.2) is 6.33 Å². The summed E-state index contributed by atoms with van der Waals surface area (Å²) in [5, 5.41) is 21.9. The highest BCUT2D eigenvalue weighted by Crippen LogP contribution is 2.20. The van der Waals surface area contributed by atoms with Gasteiger partial charge in [-0.15, -0.1) is 0 Å². The smallest absolute Gasteiger partial charge is 0.406 e. The van der Waals surface area contributed by atoms with Crippen molar-refractivity contribution in [1.82, 2.24) is 9.55 Å². The summed E-state index contributed by atoms with van der Waals surface area (Å²) in [6.45, 7) is 0.480. The molecule has 0 atom stereocenters. The first-order valence-electron chi connectivity index (χ1n) is 5.13. The van der Waals surface area contributed by atoms with Crippen LogP contribution >= 0.6 is 0 Å². The monoisotopic (exact) mass is 242 g/mol. The van der Waals surface area contributed by atoms with Gasteiger partial charge in [-0.1, -0.05) is 0 Å². The number of imidazole rings is 1. The van der Waals surface area contributed by atoms with E-state index in [-0.39, 0.29) is 12.2 Å². The van der Waals surface area contributed by atoms with Crippen molar-refractivity contribution in [2.45, 2.75) is 19.3 Å². The van der Waals surface area contributed by atoms with Crippen molar-refractivity contribution in [2.24, 2.45) is 7.05 Å². The second-order valence-electron chi connectivity index (χ2n) is 3.56. The third kappa shape index (κ3) is 3.74. The lowest BCUT2D eigenvalue weighted by molar-refractivity contribution is -0.388. The molecule has 1 aromatic heterocycles. The molecule has 1 aromatic rings. The topological polar surface area (TPSA) is 110 Å². The quantitative estimate of drug-likeness (QED) is 0.419. The van der Waals surface area contributed by atoms with Crippen LogP contribution in [-0.2, 0) is 11.8 Å². The van der Waals surface area contributed by atoms with Crippen molar-refractivity contribution < 1.29 is 14.8 Å². The largest absolute Gasteiger partial charge is 0.481 e. The van der Waals surface area contributed by atoms with Gasteiger partial charge in [-0.2, -0.15) is 0 Å². The van der Waals surface area contributed by atoms with Crippen LogP contribution in [0.4, 0.5) is 11.6 Å². The minimum atomic E-state index is -0.837. The number of aryl methyl sites for hydroxylation is 1. The summed E-state index contributed by atoms with van der Waals surface area (Å²) >= 11 is 0. The predicted molar refractivity (Wildman–Crippen MR) is 59.8 cm³/mol. The van der Waals surface area contributed by atoms with Crippen LogP contribution in [0.25, 0.3) is 0 Å². The third-order valence-electron chi connectivity index (χ3n) is 2.20. The average molecular weight is 242 g/mol. The standard InChI is InChI=1S/C9H14N4O4/c1-12-6-11-9(13(16)17)8(12)10-5-3-2-4-7(14)15/h6,10H,2-5H2,1H3,(H,14,15). The van der Waals surface area contributed by atoms with Gasteiger partial charge in [-0.3, -0.25) is 9.36 Å². The summed E-state index contributed by atoms with van der Waals surface area (Å²) < 4.78 is 1.52. The average Bonchev–Trinajstić information content (AvgIpc) is 2.59. The van der Waals surface area contributed by atoms with Gasteiger partial charge in [0.05, 0.1) is 0 Å². The molecule has 0 saturated heterocycles. The molecule has 0 unspecified atom stereocenters. The lowest BCUT2D eigenvalue weighted by atomic mass is 10.2. The van der Waals surface area contributed by atoms with Crippen LogP contribution in [-0.4, -0.2) is 32.1 Å². The van der Waals surface area contributed by atoms with Crippen LogP contribution in [0.3, 0.4) is 0 Å². The lowest BCUT2D eigenvalue weighted by Crippen LogP contribution is -2.08. The molecular weight excluding hydrogens is 228 g/mol. The molecule has 0 spiro atoms. The highest BCUT2D eigenvalue weighted by Gasteiger charge is 2.19. The SMILES string of the molecule is Cn1cnc([N+](=O)[O-])c1NCCCCC(=O)O. The Morgan fingerprint density at radius 2 is 2.35 bits per heavy atom. The van der Waals surface area contributed by atoms with E-state index in [1.165, 1.54) is 10.9 Å². The molecule has 0 amide bonds. The first kappa shape index (κ1) is 12.9. The fourth-order valence-electron chi connectivity index (χ4n) is 1.36. The number of carboxylic acid groups (broad SMARTS) is 1. The molecule has 0 radical (unpaired) electrons. The number of rotatable bonds is 7. The van der Waals surface area contributed by atoms with Crippen LogP contribution < -0.4 is 5.32 Å². The van der Waals surface area contributed by atoms with E-state index in [1.54, 1.807) is 7.05 Å². The summed E-state index contributed by atoms with van der Waals surface area (Å²) in [6.07, 6.45) is 2.63. The maximum atomic E-state index is 10.6. The molecule has 1 heterocycles. The first-order chi connectivity index (χ1) is 8.02. The molecule has 0 bridgehead atoms. The molecule has 0 aliphatic heterocycles. The maximum Gasteiger partial charge on any atom is 0.406 e. The summed E-state index contributed by atoms with van der Waals surface area (Å²) in [4.78, 5) is 24.0. The van der Waals surface area contributed by atoms with E-state index in [1.807, 2.05) is 0 Å². The van der Waals surface area contributed by atoms with E-state index in [2.05, 4.69) is 10.3 Å². The van der Waals surface area contributed by atoms with Crippen molar-refractivity contribution in [3.63, 3.8) is 0 Å². The van der Waals surface area contributed by atoms with Crippen LogP contribution in [0.1, 0.15) is 19.3 Å². The molecule has 0 aliphatic carbocycles. The molecule has 1 rings (SSSR count). The van der Waals surface area contributed by atoms with E-state index >= 15 is 0 Å². The minimum absolute atomic E-state index is 0.106. The Morgan fingerprint density at radius 1 is 1.65 bits per heavy atom. The number of unbranched alkanes of at least 4 members (excludes halogenated alkanes) is 1. The maximum absolute atomic E-state index is 10.6. The molecule has 0 aromatic carbocycles. The highest BCUT2D eigenvalue weighted by atomic mass is 16.6. The molecular formula is C9H14N4O4. The second-order valence-corrected chi connectivity index (χ2v) is 3.56. The zero-order valence-electron chi connectivity index (χ0n) is 9.42. The number of hydrogen-bond acceptors (Lipinski definition) is 5. The number of aliphatic carboxylic acids is 1. The van der Waals surface area contributed by atoms with Crippen LogP contribution in [0.5, 0.6) is 0 Å². The predicted octanol–water partition coefficient (Wildman–Crippen LogP) is 0.995. The first-order valence-corrected chi connectivity index (χ1v) is 5.13. The molecule has 8 nitrogen and oxygen atoms in total. The zero-order valence-corrected chi connectivity index (χ0v) is 9.42. The van der Waals surface area contributed by atoms with E-state index in [4.69, 9.17) is 5.11 Å². The number of nitro groups is 1. The van der Waals surface area contributed by atoms with Gasteiger partial charge < -0.3 is 20.5 Å². The minimum Gasteiger partial charge on any atom is -0.481 e. The van der Waals surface area contributed by atoms with Crippen molar-refractivity contribution in [3.8, 4) is 0 Å². The summed E-state index contributed by atoms with van der Waals surface area (Å²) in [5.41, 5.74) is 0. The van der Waals surface area contributed by atoms with Crippen LogP contribution in [0, 0.1) is 10.1 Å². The van der Waals surface area contributed by atoms with Crippen molar-refractivity contribution in [1.29, 1.82) is 0 Å². The number of nitrogens with one attached hydrogen (secondary N) is 1. The molecule has 0 fully saturated rings. The molecule has 94 valence electrons. The number of aromatic nitrogens is 2. The van der Waals surface area contributed by atoms with E-state index < -0.39 is 10.9 Å². The Morgan fingerprint density at radius 3 is 2.94 bits per heavy atom. The lowest BCUT2D eigenvalue weighted by Gasteiger charge is -2.05. The van der Waals surface area contributed by atoms with Crippen molar-refractivity contribution in [2.75, 3.05) is 11.9 Å². The number of carboxylic acids is 1.